The van der Waals surface area contributed by atoms with Crippen molar-refractivity contribution in [2.45, 2.75) is 6.04 Å². The zero-order valence-corrected chi connectivity index (χ0v) is 11.7. The normalized spacial score (nSPS) is 21.0. The number of carbonyl (C=O) groups excluding carboxylic acids is 1. The summed E-state index contributed by atoms with van der Waals surface area (Å²) < 4.78 is 10.3. The van der Waals surface area contributed by atoms with Crippen LogP contribution >= 0.6 is 0 Å². The highest BCUT2D eigenvalue weighted by molar-refractivity contribution is 5.93. The van der Waals surface area contributed by atoms with Crippen LogP contribution in [0.3, 0.4) is 0 Å². The van der Waals surface area contributed by atoms with Crippen LogP contribution in [0.5, 0.6) is 5.75 Å². The van der Waals surface area contributed by atoms with E-state index in [4.69, 9.17) is 14.6 Å². The van der Waals surface area contributed by atoms with Crippen molar-refractivity contribution in [2.24, 2.45) is 5.92 Å². The van der Waals surface area contributed by atoms with Gasteiger partial charge in [-0.3, -0.25) is 4.79 Å². The van der Waals surface area contributed by atoms with E-state index in [0.29, 0.717) is 24.7 Å². The minimum Gasteiger partial charge on any atom is -0.482 e. The maximum Gasteiger partial charge on any atom is 0.341 e. The molecule has 3 N–H and O–H groups in total. The van der Waals surface area contributed by atoms with Crippen molar-refractivity contribution in [1.82, 2.24) is 5.32 Å². The third-order valence-electron chi connectivity index (χ3n) is 3.27. The fraction of sp³-hybridized carbons (Fsp3) is 0.429. The minimum atomic E-state index is -1.04. The quantitative estimate of drug-likeness (QED) is 0.699. The lowest BCUT2D eigenvalue weighted by molar-refractivity contribution is -0.139. The summed E-state index contributed by atoms with van der Waals surface area (Å²) in [6.07, 6.45) is 0. The van der Waals surface area contributed by atoms with Gasteiger partial charge in [-0.15, -0.1) is 0 Å². The van der Waals surface area contributed by atoms with E-state index < -0.39 is 12.6 Å². The molecule has 0 spiro atoms. The Morgan fingerprint density at radius 2 is 2.05 bits per heavy atom. The molecule has 2 rings (SSSR count). The van der Waals surface area contributed by atoms with Gasteiger partial charge >= 0.3 is 5.97 Å². The number of nitrogens with one attached hydrogen (secondary N) is 2. The van der Waals surface area contributed by atoms with Crippen molar-refractivity contribution in [3.05, 3.63) is 24.3 Å². The van der Waals surface area contributed by atoms with Gasteiger partial charge in [-0.1, -0.05) is 0 Å². The van der Waals surface area contributed by atoms with Gasteiger partial charge in [-0.05, 0) is 31.3 Å². The molecule has 1 aliphatic heterocycles. The monoisotopic (exact) mass is 294 g/mol. The predicted molar refractivity (Wildman–Crippen MR) is 75.4 cm³/mol. The second kappa shape index (κ2) is 7.05. The average Bonchev–Trinajstić information content (AvgIpc) is 2.95. The summed E-state index contributed by atoms with van der Waals surface area (Å²) in [5, 5.41) is 14.4. The largest absolute Gasteiger partial charge is 0.482 e. The molecule has 0 bridgehead atoms. The van der Waals surface area contributed by atoms with Gasteiger partial charge in [0.25, 0.3) is 0 Å². The number of likely N-dealkylation sites (N-methyl/N-ethyl adjacent to an activating group) is 1. The van der Waals surface area contributed by atoms with Crippen LogP contribution in [0.1, 0.15) is 0 Å². The van der Waals surface area contributed by atoms with E-state index in [1.54, 1.807) is 31.3 Å². The molecule has 1 heterocycles. The fourth-order valence-electron chi connectivity index (χ4n) is 2.11. The fourth-order valence-corrected chi connectivity index (χ4v) is 2.11. The second-order valence-corrected chi connectivity index (χ2v) is 4.74. The molecular formula is C14H18N2O5. The van der Waals surface area contributed by atoms with Gasteiger partial charge in [-0.25, -0.2) is 4.79 Å². The van der Waals surface area contributed by atoms with Crippen molar-refractivity contribution in [1.29, 1.82) is 0 Å². The molecule has 0 radical (unpaired) electrons. The lowest BCUT2D eigenvalue weighted by Crippen LogP contribution is -2.39. The van der Waals surface area contributed by atoms with Crippen LogP contribution in [0.15, 0.2) is 24.3 Å². The minimum absolute atomic E-state index is 0.0168. The zero-order valence-electron chi connectivity index (χ0n) is 11.7. The number of carboxylic acids is 1. The first kappa shape index (κ1) is 15.3. The number of amides is 1. The van der Waals surface area contributed by atoms with E-state index in [0.717, 1.165) is 0 Å². The van der Waals surface area contributed by atoms with Crippen molar-refractivity contribution in [3.63, 3.8) is 0 Å². The van der Waals surface area contributed by atoms with E-state index in [9.17, 15) is 9.59 Å². The summed E-state index contributed by atoms with van der Waals surface area (Å²) >= 11 is 0. The highest BCUT2D eigenvalue weighted by Gasteiger charge is 2.32. The van der Waals surface area contributed by atoms with Gasteiger partial charge in [0.1, 0.15) is 5.75 Å². The van der Waals surface area contributed by atoms with Crippen molar-refractivity contribution >= 4 is 17.6 Å². The van der Waals surface area contributed by atoms with Crippen LogP contribution in [-0.2, 0) is 14.3 Å². The third kappa shape index (κ3) is 4.17. The molecule has 1 aromatic carbocycles. The molecule has 1 amide bonds. The summed E-state index contributed by atoms with van der Waals surface area (Å²) in [4.78, 5) is 22.5. The van der Waals surface area contributed by atoms with Crippen LogP contribution < -0.4 is 15.4 Å². The summed E-state index contributed by atoms with van der Waals surface area (Å²) in [6.45, 7) is 0.530. The van der Waals surface area contributed by atoms with Crippen LogP contribution in [0.2, 0.25) is 0 Å². The second-order valence-electron chi connectivity index (χ2n) is 4.74. The molecule has 21 heavy (non-hydrogen) atoms. The number of carboxylic acid groups (broad SMARTS) is 1. The first-order valence-electron chi connectivity index (χ1n) is 6.60. The summed E-state index contributed by atoms with van der Waals surface area (Å²) in [5.74, 6) is -0.927. The maximum atomic E-state index is 12.1. The number of carbonyl (C=O) groups is 2. The van der Waals surface area contributed by atoms with E-state index in [1.807, 2.05) is 0 Å². The average molecular weight is 294 g/mol. The van der Waals surface area contributed by atoms with Gasteiger partial charge in [-0.2, -0.15) is 0 Å². The van der Waals surface area contributed by atoms with Crippen molar-refractivity contribution in [2.75, 3.05) is 32.2 Å². The number of aliphatic carboxylic acids is 1. The lowest BCUT2D eigenvalue weighted by atomic mass is 10.0. The Hall–Kier alpha value is -2.12. The van der Waals surface area contributed by atoms with Gasteiger partial charge in [0.05, 0.1) is 19.1 Å². The zero-order chi connectivity index (χ0) is 15.2. The predicted octanol–water partition coefficient (Wildman–Crippen LogP) is 0.323. The Kier molecular flexibility index (Phi) is 5.13. The standard InChI is InChI=1S/C14H18N2O5/c1-15-12-7-20-6-11(12)14(19)16-9-2-4-10(5-3-9)21-8-13(17)18/h2-5,11-12,15H,6-8H2,1H3,(H,16,19)(H,17,18). The van der Waals surface area contributed by atoms with E-state index >= 15 is 0 Å². The Labute approximate surface area is 122 Å². The molecule has 1 fully saturated rings. The van der Waals surface area contributed by atoms with Gasteiger partial charge in [0.15, 0.2) is 6.61 Å². The molecular weight excluding hydrogens is 276 g/mol. The number of anilines is 1. The van der Waals surface area contributed by atoms with Gasteiger partial charge in [0, 0.05) is 11.7 Å². The summed E-state index contributed by atoms with van der Waals surface area (Å²) in [7, 11) is 1.80. The number of benzene rings is 1. The first-order valence-corrected chi connectivity index (χ1v) is 6.60. The molecule has 7 heteroatoms. The third-order valence-corrected chi connectivity index (χ3v) is 3.27. The van der Waals surface area contributed by atoms with Crippen LogP contribution in [0.25, 0.3) is 0 Å². The Balaban J connectivity index is 1.90. The highest BCUT2D eigenvalue weighted by Crippen LogP contribution is 2.19. The molecule has 1 saturated heterocycles. The molecule has 1 aromatic rings. The molecule has 1 aliphatic rings. The maximum absolute atomic E-state index is 12.1. The Bertz CT molecular complexity index is 503. The summed E-state index contributed by atoms with van der Waals surface area (Å²) in [6, 6.07) is 6.57. The van der Waals surface area contributed by atoms with E-state index in [1.165, 1.54) is 0 Å². The smallest absolute Gasteiger partial charge is 0.341 e. The molecule has 0 aromatic heterocycles. The Morgan fingerprint density at radius 1 is 1.33 bits per heavy atom. The molecule has 2 unspecified atom stereocenters. The number of hydrogen-bond donors (Lipinski definition) is 3. The van der Waals surface area contributed by atoms with Crippen LogP contribution in [-0.4, -0.2) is 49.9 Å². The van der Waals surface area contributed by atoms with Crippen molar-refractivity contribution < 1.29 is 24.2 Å². The molecule has 114 valence electrons. The lowest BCUT2D eigenvalue weighted by Gasteiger charge is -2.16. The number of ether oxygens (including phenoxy) is 2. The molecule has 0 saturated carbocycles. The first-order chi connectivity index (χ1) is 10.1. The van der Waals surface area contributed by atoms with Gasteiger partial charge < -0.3 is 25.2 Å². The number of hydrogen-bond acceptors (Lipinski definition) is 5. The van der Waals surface area contributed by atoms with E-state index in [2.05, 4.69) is 10.6 Å². The number of rotatable bonds is 6. The topological polar surface area (TPSA) is 96.9 Å². The molecule has 0 aliphatic carbocycles. The van der Waals surface area contributed by atoms with Crippen LogP contribution in [0.4, 0.5) is 5.69 Å². The van der Waals surface area contributed by atoms with E-state index in [-0.39, 0.29) is 17.9 Å². The summed E-state index contributed by atoms with van der Waals surface area (Å²) in [5.41, 5.74) is 0.629. The SMILES string of the molecule is CNC1COCC1C(=O)Nc1ccc(OCC(=O)O)cc1. The van der Waals surface area contributed by atoms with Gasteiger partial charge in [0.2, 0.25) is 5.91 Å². The highest BCUT2D eigenvalue weighted by atomic mass is 16.5. The molecule has 2 atom stereocenters. The van der Waals surface area contributed by atoms with Crippen LogP contribution in [0, 0.1) is 5.92 Å². The van der Waals surface area contributed by atoms with Crippen molar-refractivity contribution in [3.8, 4) is 5.75 Å². The Morgan fingerprint density at radius 3 is 2.67 bits per heavy atom. The molecule has 7 nitrogen and oxygen atoms in total.